The molecule has 2 rings (SSSR count). The molecular formula is C14H20N4. The lowest BCUT2D eigenvalue weighted by Gasteiger charge is -2.12. The Hall–Kier alpha value is -1.68. The summed E-state index contributed by atoms with van der Waals surface area (Å²) >= 11 is 0. The molecule has 1 atom stereocenters. The molecule has 2 aromatic rings. The highest BCUT2D eigenvalue weighted by Crippen LogP contribution is 2.12. The van der Waals surface area contributed by atoms with Gasteiger partial charge in [-0.1, -0.05) is 42.5 Å². The molecule has 0 radical (unpaired) electrons. The number of aromatic nitrogens is 3. The third-order valence-corrected chi connectivity index (χ3v) is 3.03. The van der Waals surface area contributed by atoms with Gasteiger partial charge in [-0.25, -0.2) is 0 Å². The minimum Gasteiger partial charge on any atom is -0.316 e. The SMILES string of the molecule is CC(CNCCCn1ccnn1)c1ccccc1. The van der Waals surface area contributed by atoms with Gasteiger partial charge in [-0.3, -0.25) is 4.68 Å². The van der Waals surface area contributed by atoms with Gasteiger partial charge < -0.3 is 5.32 Å². The van der Waals surface area contributed by atoms with Gasteiger partial charge >= 0.3 is 0 Å². The van der Waals surface area contributed by atoms with Crippen LogP contribution in [-0.4, -0.2) is 28.1 Å². The third kappa shape index (κ3) is 3.96. The third-order valence-electron chi connectivity index (χ3n) is 3.03. The van der Waals surface area contributed by atoms with Crippen molar-refractivity contribution in [2.75, 3.05) is 13.1 Å². The van der Waals surface area contributed by atoms with Gasteiger partial charge in [0.1, 0.15) is 0 Å². The van der Waals surface area contributed by atoms with E-state index < -0.39 is 0 Å². The Morgan fingerprint density at radius 1 is 1.28 bits per heavy atom. The molecule has 1 N–H and O–H groups in total. The number of benzene rings is 1. The van der Waals surface area contributed by atoms with Crippen molar-refractivity contribution in [1.82, 2.24) is 20.3 Å². The molecule has 1 heterocycles. The predicted octanol–water partition coefficient (Wildman–Crippen LogP) is 2.06. The van der Waals surface area contributed by atoms with E-state index in [4.69, 9.17) is 0 Å². The maximum absolute atomic E-state index is 3.94. The Labute approximate surface area is 108 Å². The molecule has 0 aliphatic rings. The van der Waals surface area contributed by atoms with Crippen LogP contribution in [-0.2, 0) is 6.54 Å². The van der Waals surface area contributed by atoms with Crippen LogP contribution in [0.15, 0.2) is 42.7 Å². The maximum Gasteiger partial charge on any atom is 0.0692 e. The summed E-state index contributed by atoms with van der Waals surface area (Å²) in [7, 11) is 0. The smallest absolute Gasteiger partial charge is 0.0692 e. The molecule has 4 heteroatoms. The number of nitrogens with one attached hydrogen (secondary N) is 1. The predicted molar refractivity (Wildman–Crippen MR) is 72.4 cm³/mol. The largest absolute Gasteiger partial charge is 0.316 e. The van der Waals surface area contributed by atoms with Crippen LogP contribution in [0, 0.1) is 0 Å². The summed E-state index contributed by atoms with van der Waals surface area (Å²) < 4.78 is 1.86. The second-order valence-corrected chi connectivity index (χ2v) is 4.54. The maximum atomic E-state index is 3.94. The topological polar surface area (TPSA) is 42.7 Å². The first kappa shape index (κ1) is 12.8. The fourth-order valence-corrected chi connectivity index (χ4v) is 1.94. The number of nitrogens with zero attached hydrogens (tertiary/aromatic N) is 3. The molecular weight excluding hydrogens is 224 g/mol. The van der Waals surface area contributed by atoms with Crippen LogP contribution < -0.4 is 5.32 Å². The van der Waals surface area contributed by atoms with E-state index in [1.807, 2.05) is 10.9 Å². The standard InChI is InChI=1S/C14H20N4/c1-13(14-6-3-2-4-7-14)12-15-8-5-10-18-11-9-16-17-18/h2-4,6-7,9,11,13,15H,5,8,10,12H2,1H3. The zero-order chi connectivity index (χ0) is 12.6. The van der Waals surface area contributed by atoms with Gasteiger partial charge in [0, 0.05) is 19.3 Å². The van der Waals surface area contributed by atoms with E-state index >= 15 is 0 Å². The van der Waals surface area contributed by atoms with Crippen molar-refractivity contribution in [2.45, 2.75) is 25.8 Å². The highest BCUT2D eigenvalue weighted by molar-refractivity contribution is 5.18. The summed E-state index contributed by atoms with van der Waals surface area (Å²) in [5.74, 6) is 0.553. The van der Waals surface area contributed by atoms with Gasteiger partial charge in [-0.2, -0.15) is 0 Å². The van der Waals surface area contributed by atoms with Crippen molar-refractivity contribution in [3.63, 3.8) is 0 Å². The summed E-state index contributed by atoms with van der Waals surface area (Å²) in [4.78, 5) is 0. The lowest BCUT2D eigenvalue weighted by atomic mass is 10.0. The second-order valence-electron chi connectivity index (χ2n) is 4.54. The Bertz CT molecular complexity index is 424. The van der Waals surface area contributed by atoms with E-state index in [0.29, 0.717) is 5.92 Å². The van der Waals surface area contributed by atoms with E-state index in [2.05, 4.69) is 52.9 Å². The molecule has 96 valence electrons. The van der Waals surface area contributed by atoms with Crippen molar-refractivity contribution in [2.24, 2.45) is 0 Å². The van der Waals surface area contributed by atoms with Crippen molar-refractivity contribution < 1.29 is 0 Å². The molecule has 0 fully saturated rings. The summed E-state index contributed by atoms with van der Waals surface area (Å²) in [5.41, 5.74) is 1.39. The molecule has 1 aromatic heterocycles. The van der Waals surface area contributed by atoms with Crippen molar-refractivity contribution >= 4 is 0 Å². The lowest BCUT2D eigenvalue weighted by molar-refractivity contribution is 0.519. The molecule has 0 saturated carbocycles. The molecule has 0 spiro atoms. The van der Waals surface area contributed by atoms with Crippen molar-refractivity contribution in [3.05, 3.63) is 48.3 Å². The average molecular weight is 244 g/mol. The van der Waals surface area contributed by atoms with Gasteiger partial charge in [-0.15, -0.1) is 5.10 Å². The number of rotatable bonds is 7. The summed E-state index contributed by atoms with van der Waals surface area (Å²) in [6.07, 6.45) is 4.68. The van der Waals surface area contributed by atoms with Gasteiger partial charge in [0.25, 0.3) is 0 Å². The first-order valence-electron chi connectivity index (χ1n) is 6.46. The molecule has 0 amide bonds. The van der Waals surface area contributed by atoms with Crippen LogP contribution in [0.1, 0.15) is 24.8 Å². The molecule has 1 aromatic carbocycles. The summed E-state index contributed by atoms with van der Waals surface area (Å²) in [6.45, 7) is 5.20. The van der Waals surface area contributed by atoms with Crippen LogP contribution in [0.5, 0.6) is 0 Å². The Kier molecular flexibility index (Phi) is 4.90. The van der Waals surface area contributed by atoms with E-state index in [1.54, 1.807) is 6.20 Å². The number of hydrogen-bond acceptors (Lipinski definition) is 3. The van der Waals surface area contributed by atoms with E-state index in [-0.39, 0.29) is 0 Å². The van der Waals surface area contributed by atoms with E-state index in [0.717, 1.165) is 26.1 Å². The molecule has 0 bridgehead atoms. The molecule has 0 saturated heterocycles. The van der Waals surface area contributed by atoms with Gasteiger partial charge in [-0.05, 0) is 24.4 Å². The Balaban J connectivity index is 1.61. The van der Waals surface area contributed by atoms with Crippen LogP contribution in [0.4, 0.5) is 0 Å². The first-order chi connectivity index (χ1) is 8.86. The fraction of sp³-hybridized carbons (Fsp3) is 0.429. The normalized spacial score (nSPS) is 12.5. The molecule has 4 nitrogen and oxygen atoms in total. The van der Waals surface area contributed by atoms with Crippen LogP contribution in [0.3, 0.4) is 0 Å². The van der Waals surface area contributed by atoms with E-state index in [9.17, 15) is 0 Å². The first-order valence-corrected chi connectivity index (χ1v) is 6.46. The lowest BCUT2D eigenvalue weighted by Crippen LogP contribution is -2.22. The van der Waals surface area contributed by atoms with Gasteiger partial charge in [0.15, 0.2) is 0 Å². The minimum absolute atomic E-state index is 0.553. The van der Waals surface area contributed by atoms with Gasteiger partial charge in [0.05, 0.1) is 6.20 Å². The summed E-state index contributed by atoms with van der Waals surface area (Å²) in [5, 5.41) is 11.2. The second kappa shape index (κ2) is 6.91. The summed E-state index contributed by atoms with van der Waals surface area (Å²) in [6, 6.07) is 10.6. The zero-order valence-corrected chi connectivity index (χ0v) is 10.8. The average Bonchev–Trinajstić information content (AvgIpc) is 2.92. The molecule has 1 unspecified atom stereocenters. The zero-order valence-electron chi connectivity index (χ0n) is 10.8. The van der Waals surface area contributed by atoms with Crippen LogP contribution >= 0.6 is 0 Å². The van der Waals surface area contributed by atoms with Crippen LogP contribution in [0.25, 0.3) is 0 Å². The number of aryl methyl sites for hydroxylation is 1. The molecule has 0 aliphatic heterocycles. The minimum atomic E-state index is 0.553. The quantitative estimate of drug-likeness (QED) is 0.758. The van der Waals surface area contributed by atoms with Crippen molar-refractivity contribution in [1.29, 1.82) is 0 Å². The monoisotopic (exact) mass is 244 g/mol. The Morgan fingerprint density at radius 3 is 2.83 bits per heavy atom. The number of hydrogen-bond donors (Lipinski definition) is 1. The molecule has 0 aliphatic carbocycles. The van der Waals surface area contributed by atoms with Crippen molar-refractivity contribution in [3.8, 4) is 0 Å². The van der Waals surface area contributed by atoms with Crippen LogP contribution in [0.2, 0.25) is 0 Å². The highest BCUT2D eigenvalue weighted by Gasteiger charge is 2.03. The highest BCUT2D eigenvalue weighted by atomic mass is 15.4. The Morgan fingerprint density at radius 2 is 2.11 bits per heavy atom. The van der Waals surface area contributed by atoms with Gasteiger partial charge in [0.2, 0.25) is 0 Å². The van der Waals surface area contributed by atoms with E-state index in [1.165, 1.54) is 5.56 Å². The fourth-order valence-electron chi connectivity index (χ4n) is 1.94. The molecule has 18 heavy (non-hydrogen) atoms.